The quantitative estimate of drug-likeness (QED) is 0.867. The van der Waals surface area contributed by atoms with Gasteiger partial charge in [-0.05, 0) is 34.1 Å². The number of hydrogen-bond donors (Lipinski definition) is 0. The van der Waals surface area contributed by atoms with E-state index in [-0.39, 0.29) is 16.3 Å². The number of rotatable bonds is 3. The molecule has 0 fully saturated rings. The van der Waals surface area contributed by atoms with Crippen molar-refractivity contribution in [2.45, 2.75) is 11.8 Å². The number of nitrogens with zero attached hydrogens (tertiary/aromatic N) is 2. The number of aromatic nitrogens is 2. The van der Waals surface area contributed by atoms with Crippen LogP contribution in [0.5, 0.6) is 0 Å². The Kier molecular flexibility index (Phi) is 3.54. The van der Waals surface area contributed by atoms with Crippen LogP contribution in [0.3, 0.4) is 0 Å². The molecule has 2 rings (SSSR count). The van der Waals surface area contributed by atoms with Gasteiger partial charge in [-0.25, -0.2) is 17.5 Å². The molecule has 0 aliphatic carbocycles. The summed E-state index contributed by atoms with van der Waals surface area (Å²) in [6, 6.07) is 3.80. The summed E-state index contributed by atoms with van der Waals surface area (Å²) < 4.78 is 39.1. The zero-order valence-electron chi connectivity index (χ0n) is 9.47. The lowest BCUT2D eigenvalue weighted by molar-refractivity contribution is 0.588. The predicted octanol–water partition coefficient (Wildman–Crippen LogP) is 2.57. The number of halogens is 2. The van der Waals surface area contributed by atoms with Gasteiger partial charge in [0, 0.05) is 6.20 Å². The molecule has 0 N–H and O–H groups in total. The minimum Gasteiger partial charge on any atom is -0.237 e. The van der Waals surface area contributed by atoms with Crippen LogP contribution in [0.1, 0.15) is 6.92 Å². The molecular formula is C11H10BrFN2O2S. The molecule has 0 radical (unpaired) electrons. The van der Waals surface area contributed by atoms with Gasteiger partial charge < -0.3 is 0 Å². The Bertz CT molecular complexity index is 682. The Morgan fingerprint density at radius 3 is 2.67 bits per heavy atom. The van der Waals surface area contributed by atoms with Crippen molar-refractivity contribution >= 4 is 25.8 Å². The summed E-state index contributed by atoms with van der Waals surface area (Å²) in [7, 11) is -3.39. The molecule has 0 saturated heterocycles. The second-order valence-electron chi connectivity index (χ2n) is 3.62. The van der Waals surface area contributed by atoms with Crippen molar-refractivity contribution in [3.63, 3.8) is 0 Å². The van der Waals surface area contributed by atoms with Crippen LogP contribution >= 0.6 is 15.9 Å². The molecule has 1 aromatic carbocycles. The van der Waals surface area contributed by atoms with E-state index in [0.29, 0.717) is 4.47 Å². The molecule has 0 bridgehead atoms. The predicted molar refractivity (Wildman–Crippen MR) is 68.9 cm³/mol. The minimum atomic E-state index is -3.39. The second-order valence-corrected chi connectivity index (χ2v) is 6.81. The Morgan fingerprint density at radius 2 is 2.17 bits per heavy atom. The smallest absolute Gasteiger partial charge is 0.178 e. The van der Waals surface area contributed by atoms with Gasteiger partial charge in [0.15, 0.2) is 9.84 Å². The van der Waals surface area contributed by atoms with E-state index in [1.807, 2.05) is 0 Å². The highest BCUT2D eigenvalue weighted by Gasteiger charge is 2.15. The first-order valence-electron chi connectivity index (χ1n) is 5.17. The molecule has 0 unspecified atom stereocenters. The molecule has 0 atom stereocenters. The first kappa shape index (κ1) is 13.2. The van der Waals surface area contributed by atoms with E-state index in [1.54, 1.807) is 6.20 Å². The molecule has 0 amide bonds. The van der Waals surface area contributed by atoms with Gasteiger partial charge in [-0.2, -0.15) is 5.10 Å². The molecule has 4 nitrogen and oxygen atoms in total. The zero-order valence-corrected chi connectivity index (χ0v) is 11.9. The summed E-state index contributed by atoms with van der Waals surface area (Å²) in [6.07, 6.45) is 3.11. The molecule has 1 heterocycles. The zero-order chi connectivity index (χ0) is 13.3. The molecule has 18 heavy (non-hydrogen) atoms. The van der Waals surface area contributed by atoms with Gasteiger partial charge in [-0.15, -0.1) is 0 Å². The van der Waals surface area contributed by atoms with Gasteiger partial charge in [-0.3, -0.25) is 0 Å². The molecule has 0 aliphatic heterocycles. The minimum absolute atomic E-state index is 0.0162. The van der Waals surface area contributed by atoms with Crippen molar-refractivity contribution in [1.29, 1.82) is 0 Å². The maximum atomic E-state index is 13.9. The van der Waals surface area contributed by atoms with Crippen molar-refractivity contribution in [3.8, 4) is 5.69 Å². The lowest BCUT2D eigenvalue weighted by atomic mass is 10.3. The van der Waals surface area contributed by atoms with Gasteiger partial charge in [0.2, 0.25) is 0 Å². The molecule has 96 valence electrons. The maximum absolute atomic E-state index is 13.9. The van der Waals surface area contributed by atoms with Crippen molar-refractivity contribution in [1.82, 2.24) is 9.78 Å². The highest BCUT2D eigenvalue weighted by Crippen LogP contribution is 2.20. The fourth-order valence-electron chi connectivity index (χ4n) is 1.47. The first-order valence-corrected chi connectivity index (χ1v) is 7.61. The summed E-state index contributed by atoms with van der Waals surface area (Å²) in [5.41, 5.74) is 0.204. The largest absolute Gasteiger partial charge is 0.237 e. The fourth-order valence-corrected chi connectivity index (χ4v) is 2.64. The standard InChI is InChI=1S/C11H10BrFN2O2S/c1-2-18(16,17)9-3-4-11(10(13)5-9)15-7-8(12)6-14-15/h3-7H,2H2,1H3. The van der Waals surface area contributed by atoms with Gasteiger partial charge in [0.25, 0.3) is 0 Å². The third-order valence-corrected chi connectivity index (χ3v) is 4.60. The maximum Gasteiger partial charge on any atom is 0.178 e. The Hall–Kier alpha value is -1.21. The van der Waals surface area contributed by atoms with Gasteiger partial charge >= 0.3 is 0 Å². The third kappa shape index (κ3) is 2.46. The summed E-state index contributed by atoms with van der Waals surface area (Å²) in [6.45, 7) is 1.52. The van der Waals surface area contributed by atoms with E-state index < -0.39 is 15.7 Å². The van der Waals surface area contributed by atoms with Gasteiger partial charge in [0.05, 0.1) is 21.3 Å². The molecular weight excluding hydrogens is 323 g/mol. The van der Waals surface area contributed by atoms with Crippen molar-refractivity contribution in [2.24, 2.45) is 0 Å². The topological polar surface area (TPSA) is 52.0 Å². The number of hydrogen-bond acceptors (Lipinski definition) is 3. The normalized spacial score (nSPS) is 11.7. The Balaban J connectivity index is 2.49. The Labute approximate surface area is 112 Å². The highest BCUT2D eigenvalue weighted by molar-refractivity contribution is 9.10. The number of sulfone groups is 1. The summed E-state index contributed by atoms with van der Waals surface area (Å²) >= 11 is 3.21. The summed E-state index contributed by atoms with van der Waals surface area (Å²) in [5, 5.41) is 3.94. The van der Waals surface area contributed by atoms with Crippen LogP contribution in [-0.4, -0.2) is 24.0 Å². The van der Waals surface area contributed by atoms with E-state index >= 15 is 0 Å². The van der Waals surface area contributed by atoms with Crippen molar-refractivity contribution in [3.05, 3.63) is 40.9 Å². The monoisotopic (exact) mass is 332 g/mol. The van der Waals surface area contributed by atoms with E-state index in [1.165, 1.54) is 29.9 Å². The third-order valence-electron chi connectivity index (χ3n) is 2.46. The van der Waals surface area contributed by atoms with Crippen LogP contribution in [0.25, 0.3) is 5.69 Å². The van der Waals surface area contributed by atoms with Crippen LogP contribution in [0.15, 0.2) is 40.0 Å². The van der Waals surface area contributed by atoms with Gasteiger partial charge in [0.1, 0.15) is 11.5 Å². The Morgan fingerprint density at radius 1 is 1.44 bits per heavy atom. The van der Waals surface area contributed by atoms with E-state index in [0.717, 1.165) is 6.07 Å². The molecule has 1 aromatic heterocycles. The van der Waals surface area contributed by atoms with E-state index in [4.69, 9.17) is 0 Å². The van der Waals surface area contributed by atoms with Crippen LogP contribution in [-0.2, 0) is 9.84 Å². The van der Waals surface area contributed by atoms with E-state index in [9.17, 15) is 12.8 Å². The average Bonchev–Trinajstić information content (AvgIpc) is 2.75. The van der Waals surface area contributed by atoms with E-state index in [2.05, 4.69) is 21.0 Å². The molecule has 0 spiro atoms. The average molecular weight is 333 g/mol. The van der Waals surface area contributed by atoms with Gasteiger partial charge in [-0.1, -0.05) is 6.92 Å². The molecule has 7 heteroatoms. The first-order chi connectivity index (χ1) is 8.44. The molecule has 2 aromatic rings. The summed E-state index contributed by atoms with van der Waals surface area (Å²) in [5.74, 6) is -0.681. The highest BCUT2D eigenvalue weighted by atomic mass is 79.9. The SMILES string of the molecule is CCS(=O)(=O)c1ccc(-n2cc(Br)cn2)c(F)c1. The fraction of sp³-hybridized carbons (Fsp3) is 0.182. The second kappa shape index (κ2) is 4.81. The lowest BCUT2D eigenvalue weighted by Crippen LogP contribution is -2.06. The van der Waals surface area contributed by atoms with Crippen LogP contribution < -0.4 is 0 Å². The van der Waals surface area contributed by atoms with Crippen molar-refractivity contribution in [2.75, 3.05) is 5.75 Å². The number of benzene rings is 1. The van der Waals surface area contributed by atoms with Crippen molar-refractivity contribution < 1.29 is 12.8 Å². The summed E-state index contributed by atoms with van der Waals surface area (Å²) in [4.78, 5) is -0.0162. The van der Waals surface area contributed by atoms with Crippen LogP contribution in [0.4, 0.5) is 4.39 Å². The van der Waals surface area contributed by atoms with Crippen LogP contribution in [0, 0.1) is 5.82 Å². The molecule has 0 saturated carbocycles. The lowest BCUT2D eigenvalue weighted by Gasteiger charge is -2.06. The molecule has 0 aliphatic rings. The van der Waals surface area contributed by atoms with Crippen LogP contribution in [0.2, 0.25) is 0 Å².